The minimum absolute atomic E-state index is 0.425. The number of rotatable bonds is 17. The van der Waals surface area contributed by atoms with Crippen LogP contribution in [0.25, 0.3) is 0 Å². The van der Waals surface area contributed by atoms with Crippen LogP contribution in [0.3, 0.4) is 0 Å². The van der Waals surface area contributed by atoms with Gasteiger partial charge in [0.1, 0.15) is 31.0 Å². The van der Waals surface area contributed by atoms with Gasteiger partial charge in [-0.1, -0.05) is 29.4 Å². The Labute approximate surface area is 204 Å². The second-order valence-electron chi connectivity index (χ2n) is 8.01. The smallest absolute Gasteiger partial charge is 0.125 e. The number of benzene rings is 2. The van der Waals surface area contributed by atoms with Crippen molar-refractivity contribution in [2.75, 3.05) is 33.5 Å². The van der Waals surface area contributed by atoms with Gasteiger partial charge in [0, 0.05) is 0 Å². The van der Waals surface area contributed by atoms with E-state index in [1.54, 1.807) is 6.21 Å². The fourth-order valence-corrected chi connectivity index (χ4v) is 3.40. The first-order valence-electron chi connectivity index (χ1n) is 12.0. The van der Waals surface area contributed by atoms with E-state index in [4.69, 9.17) is 18.9 Å². The molecule has 0 atom stereocenters. The molecule has 2 aromatic carbocycles. The van der Waals surface area contributed by atoms with Crippen LogP contribution in [0.5, 0.6) is 17.2 Å². The molecule has 0 N–H and O–H groups in total. The maximum Gasteiger partial charge on any atom is 0.125 e. The van der Waals surface area contributed by atoms with Gasteiger partial charge in [0.15, 0.2) is 0 Å². The van der Waals surface area contributed by atoms with E-state index in [1.807, 2.05) is 55.5 Å². The number of ether oxygens (including phenoxy) is 4. The predicted octanol–water partition coefficient (Wildman–Crippen LogP) is 6.43. The van der Waals surface area contributed by atoms with E-state index in [-0.39, 0.29) is 0 Å². The fourth-order valence-electron chi connectivity index (χ4n) is 3.40. The number of hydrogen-bond acceptors (Lipinski definition) is 6. The highest BCUT2D eigenvalue weighted by atomic mass is 16.6. The lowest BCUT2D eigenvalue weighted by Crippen LogP contribution is -2.03. The Hall–Kier alpha value is -2.99. The van der Waals surface area contributed by atoms with Crippen molar-refractivity contribution >= 4 is 6.21 Å². The Bertz CT molecular complexity index is 854. The molecule has 0 amide bonds. The Balaban J connectivity index is 1.56. The van der Waals surface area contributed by atoms with Crippen LogP contribution >= 0.6 is 0 Å². The van der Waals surface area contributed by atoms with Gasteiger partial charge in [0.2, 0.25) is 0 Å². The van der Waals surface area contributed by atoms with Crippen LogP contribution in [0.4, 0.5) is 0 Å². The third-order valence-corrected chi connectivity index (χ3v) is 5.13. The first-order valence-corrected chi connectivity index (χ1v) is 12.0. The minimum atomic E-state index is 0.425. The quantitative estimate of drug-likeness (QED) is 0.116. The van der Waals surface area contributed by atoms with E-state index < -0.39 is 0 Å². The molecule has 34 heavy (non-hydrogen) atoms. The van der Waals surface area contributed by atoms with Gasteiger partial charge >= 0.3 is 0 Å². The Kier molecular flexibility index (Phi) is 13.3. The number of nitrogens with zero attached hydrogens (tertiary/aromatic N) is 1. The predicted molar refractivity (Wildman–Crippen MR) is 137 cm³/mol. The van der Waals surface area contributed by atoms with Crippen LogP contribution in [0, 0.1) is 13.8 Å². The average Bonchev–Trinajstić information content (AvgIpc) is 2.83. The SMILES string of the molecule is C/C=C/COc1cc(C)c(OCCCCCCOc2ccc(COCC=NOC)cc2)c(C)c1. The third-order valence-electron chi connectivity index (χ3n) is 5.13. The molecule has 0 fully saturated rings. The van der Waals surface area contributed by atoms with Gasteiger partial charge < -0.3 is 23.8 Å². The molecule has 2 rings (SSSR count). The van der Waals surface area contributed by atoms with Crippen molar-refractivity contribution in [3.05, 3.63) is 65.2 Å². The second kappa shape index (κ2) is 16.6. The molecule has 0 heterocycles. The Morgan fingerprint density at radius 2 is 1.47 bits per heavy atom. The van der Waals surface area contributed by atoms with E-state index in [0.29, 0.717) is 19.8 Å². The monoisotopic (exact) mass is 469 g/mol. The van der Waals surface area contributed by atoms with Crippen molar-refractivity contribution in [3.8, 4) is 17.2 Å². The number of oxime groups is 1. The lowest BCUT2D eigenvalue weighted by Gasteiger charge is -2.14. The van der Waals surface area contributed by atoms with Crippen LogP contribution in [0.1, 0.15) is 49.3 Å². The summed E-state index contributed by atoms with van der Waals surface area (Å²) in [5.74, 6) is 2.74. The third kappa shape index (κ3) is 10.8. The summed E-state index contributed by atoms with van der Waals surface area (Å²) in [5.41, 5.74) is 3.32. The van der Waals surface area contributed by atoms with Crippen LogP contribution in [0.2, 0.25) is 0 Å². The number of aryl methyl sites for hydroxylation is 2. The van der Waals surface area contributed by atoms with Crippen molar-refractivity contribution in [3.63, 3.8) is 0 Å². The van der Waals surface area contributed by atoms with Crippen LogP contribution < -0.4 is 14.2 Å². The summed E-state index contributed by atoms with van der Waals surface area (Å²) in [6.45, 7) is 9.12. The number of hydrogen-bond donors (Lipinski definition) is 0. The summed E-state index contributed by atoms with van der Waals surface area (Å²) < 4.78 is 23.1. The van der Waals surface area contributed by atoms with Gasteiger partial charge in [-0.2, -0.15) is 0 Å². The summed E-state index contributed by atoms with van der Waals surface area (Å²) >= 11 is 0. The topological polar surface area (TPSA) is 58.5 Å². The first-order chi connectivity index (χ1) is 16.6. The highest BCUT2D eigenvalue weighted by Crippen LogP contribution is 2.28. The van der Waals surface area contributed by atoms with Crippen molar-refractivity contribution in [2.24, 2.45) is 5.16 Å². The summed E-state index contributed by atoms with van der Waals surface area (Å²) in [4.78, 5) is 4.59. The molecule has 0 aliphatic carbocycles. The van der Waals surface area contributed by atoms with Crippen molar-refractivity contribution in [2.45, 2.75) is 53.1 Å². The van der Waals surface area contributed by atoms with Gasteiger partial charge in [0.25, 0.3) is 0 Å². The summed E-state index contributed by atoms with van der Waals surface area (Å²) in [5, 5.41) is 3.63. The van der Waals surface area contributed by atoms with E-state index in [9.17, 15) is 0 Å². The zero-order valence-electron chi connectivity index (χ0n) is 21.0. The summed E-state index contributed by atoms with van der Waals surface area (Å²) in [6.07, 6.45) is 9.87. The Morgan fingerprint density at radius 1 is 0.794 bits per heavy atom. The molecular weight excluding hydrogens is 430 g/mol. The Morgan fingerprint density at radius 3 is 2.12 bits per heavy atom. The van der Waals surface area contributed by atoms with E-state index in [0.717, 1.165) is 72.8 Å². The number of allylic oxidation sites excluding steroid dienone is 1. The van der Waals surface area contributed by atoms with E-state index >= 15 is 0 Å². The summed E-state index contributed by atoms with van der Waals surface area (Å²) in [7, 11) is 1.51. The van der Waals surface area contributed by atoms with Crippen molar-refractivity contribution < 1.29 is 23.8 Å². The second-order valence-corrected chi connectivity index (χ2v) is 8.01. The van der Waals surface area contributed by atoms with Crippen LogP contribution in [-0.4, -0.2) is 39.8 Å². The lowest BCUT2D eigenvalue weighted by atomic mass is 10.1. The number of unbranched alkanes of at least 4 members (excludes halogenated alkanes) is 3. The average molecular weight is 470 g/mol. The molecule has 2 aromatic rings. The molecule has 0 unspecified atom stereocenters. The van der Waals surface area contributed by atoms with E-state index in [1.165, 1.54) is 7.11 Å². The standard InChI is InChI=1S/C28H39NO5/c1-5-6-16-33-27-20-23(2)28(24(3)21-27)34-18-10-8-7-9-17-32-26-13-11-25(12-14-26)22-31-19-15-29-30-4/h5-6,11-15,20-21H,7-10,16-19,22H2,1-4H3/b6-5+,29-15?. The zero-order chi connectivity index (χ0) is 24.4. The maximum atomic E-state index is 6.06. The highest BCUT2D eigenvalue weighted by Gasteiger charge is 2.07. The van der Waals surface area contributed by atoms with Gasteiger partial charge in [-0.3, -0.25) is 0 Å². The van der Waals surface area contributed by atoms with Gasteiger partial charge in [-0.15, -0.1) is 0 Å². The minimum Gasteiger partial charge on any atom is -0.494 e. The largest absolute Gasteiger partial charge is 0.494 e. The van der Waals surface area contributed by atoms with Crippen LogP contribution in [-0.2, 0) is 16.2 Å². The molecule has 6 nitrogen and oxygen atoms in total. The molecule has 186 valence electrons. The molecule has 0 radical (unpaired) electrons. The molecule has 0 bridgehead atoms. The summed E-state index contributed by atoms with van der Waals surface area (Å²) in [6, 6.07) is 12.1. The molecule has 0 saturated heterocycles. The lowest BCUT2D eigenvalue weighted by molar-refractivity contribution is 0.154. The highest BCUT2D eigenvalue weighted by molar-refractivity contribution is 5.57. The zero-order valence-corrected chi connectivity index (χ0v) is 21.0. The van der Waals surface area contributed by atoms with Gasteiger partial charge in [-0.05, 0) is 87.4 Å². The normalized spacial score (nSPS) is 11.3. The molecule has 0 spiro atoms. The van der Waals surface area contributed by atoms with Crippen molar-refractivity contribution in [1.29, 1.82) is 0 Å². The molecular formula is C28H39NO5. The first kappa shape index (κ1) is 27.3. The van der Waals surface area contributed by atoms with Crippen LogP contribution in [0.15, 0.2) is 53.7 Å². The maximum absolute atomic E-state index is 6.06. The molecule has 6 heteroatoms. The van der Waals surface area contributed by atoms with Gasteiger partial charge in [-0.25, -0.2) is 0 Å². The van der Waals surface area contributed by atoms with E-state index in [2.05, 4.69) is 23.8 Å². The van der Waals surface area contributed by atoms with Crippen molar-refractivity contribution in [1.82, 2.24) is 0 Å². The molecule has 0 aliphatic rings. The molecule has 0 aliphatic heterocycles. The van der Waals surface area contributed by atoms with Gasteiger partial charge in [0.05, 0.1) is 32.6 Å². The molecule has 0 aromatic heterocycles. The molecule has 0 saturated carbocycles. The fraction of sp³-hybridized carbons (Fsp3) is 0.464.